The van der Waals surface area contributed by atoms with E-state index >= 15 is 0 Å². The van der Waals surface area contributed by atoms with E-state index in [9.17, 15) is 23.5 Å². The summed E-state index contributed by atoms with van der Waals surface area (Å²) < 4.78 is 33.9. The molecule has 1 fully saturated rings. The van der Waals surface area contributed by atoms with Gasteiger partial charge in [-0.05, 0) is 43.0 Å². The molecule has 3 aromatic rings. The number of carbonyl (C=O) groups is 1. The van der Waals surface area contributed by atoms with E-state index in [-0.39, 0.29) is 35.4 Å². The number of carbonyl (C=O) groups excluding carboxylic acids is 1. The summed E-state index contributed by atoms with van der Waals surface area (Å²) in [7, 11) is 0. The highest BCUT2D eigenvalue weighted by atomic mass is 35.5. The minimum Gasteiger partial charge on any atom is -0.487 e. The van der Waals surface area contributed by atoms with E-state index in [2.05, 4.69) is 5.32 Å². The number of aromatic nitrogens is 1. The van der Waals surface area contributed by atoms with E-state index < -0.39 is 22.8 Å². The van der Waals surface area contributed by atoms with Gasteiger partial charge in [-0.1, -0.05) is 49.7 Å². The molecule has 0 atom stereocenters. The van der Waals surface area contributed by atoms with Crippen molar-refractivity contribution < 1.29 is 23.4 Å². The Labute approximate surface area is 213 Å². The predicted molar refractivity (Wildman–Crippen MR) is 134 cm³/mol. The third-order valence-corrected chi connectivity index (χ3v) is 6.12. The summed E-state index contributed by atoms with van der Waals surface area (Å²) >= 11 is 6.23. The van der Waals surface area contributed by atoms with Gasteiger partial charge in [-0.25, -0.2) is 8.78 Å². The van der Waals surface area contributed by atoms with Gasteiger partial charge in [0.15, 0.2) is 0 Å². The molecule has 1 saturated carbocycles. The van der Waals surface area contributed by atoms with Crippen LogP contribution in [0.3, 0.4) is 0 Å². The molecule has 0 bridgehead atoms. The molecular weight excluding hydrogens is 490 g/mol. The molecule has 1 amide bonds. The average molecular weight is 519 g/mol. The van der Waals surface area contributed by atoms with Crippen molar-refractivity contribution in [3.8, 4) is 5.75 Å². The van der Waals surface area contributed by atoms with E-state index in [4.69, 9.17) is 16.3 Å². The molecule has 1 aliphatic carbocycles. The number of nitrogens with zero attached hydrogens (tertiary/aromatic N) is 1. The Morgan fingerprint density at radius 3 is 2.36 bits per heavy atom. The Hall–Kier alpha value is -3.23. The van der Waals surface area contributed by atoms with Crippen LogP contribution in [0, 0.1) is 18.6 Å². The van der Waals surface area contributed by atoms with Crippen LogP contribution in [0.15, 0.2) is 53.3 Å². The van der Waals surface area contributed by atoms with Crippen LogP contribution in [0.25, 0.3) is 0 Å². The van der Waals surface area contributed by atoms with Crippen molar-refractivity contribution in [2.45, 2.75) is 58.9 Å². The molecule has 2 aromatic carbocycles. The van der Waals surface area contributed by atoms with Gasteiger partial charge in [0.25, 0.3) is 11.5 Å². The Morgan fingerprint density at radius 2 is 1.75 bits per heavy atom. The smallest absolute Gasteiger partial charge is 0.273 e. The highest BCUT2D eigenvalue weighted by Crippen LogP contribution is 2.35. The minimum absolute atomic E-state index is 0.118. The van der Waals surface area contributed by atoms with Crippen molar-refractivity contribution in [3.63, 3.8) is 0 Å². The molecule has 0 unspecified atom stereocenters. The molecule has 9 heteroatoms. The fraction of sp³-hybridized carbons (Fsp3) is 0.333. The van der Waals surface area contributed by atoms with E-state index in [0.717, 1.165) is 23.3 Å². The summed E-state index contributed by atoms with van der Waals surface area (Å²) in [6.07, 6.45) is 0.975. The maximum absolute atomic E-state index is 13.8. The third-order valence-electron chi connectivity index (χ3n) is 5.78. The fourth-order valence-electron chi connectivity index (χ4n) is 3.45. The van der Waals surface area contributed by atoms with Crippen molar-refractivity contribution in [1.82, 2.24) is 9.88 Å². The number of aliphatic hydroxyl groups is 1. The lowest BCUT2D eigenvalue weighted by molar-refractivity contribution is -0.131. The van der Waals surface area contributed by atoms with Crippen molar-refractivity contribution >= 4 is 17.5 Å². The lowest BCUT2D eigenvalue weighted by atomic mass is 10.1. The van der Waals surface area contributed by atoms with Crippen molar-refractivity contribution in [2.75, 3.05) is 0 Å². The zero-order valence-electron chi connectivity index (χ0n) is 20.4. The van der Waals surface area contributed by atoms with Gasteiger partial charge < -0.3 is 19.7 Å². The fourth-order valence-corrected chi connectivity index (χ4v) is 3.66. The van der Waals surface area contributed by atoms with Crippen LogP contribution in [0.1, 0.15) is 49.1 Å². The largest absolute Gasteiger partial charge is 0.487 e. The molecule has 1 aliphatic rings. The monoisotopic (exact) mass is 518 g/mol. The summed E-state index contributed by atoms with van der Waals surface area (Å²) in [5.74, 6) is -1.68. The molecule has 0 saturated heterocycles. The lowest BCUT2D eigenvalue weighted by Gasteiger charge is -2.15. The van der Waals surface area contributed by atoms with E-state index in [1.165, 1.54) is 10.6 Å². The number of amides is 1. The zero-order valence-corrected chi connectivity index (χ0v) is 21.2. The van der Waals surface area contributed by atoms with E-state index in [1.54, 1.807) is 13.0 Å². The van der Waals surface area contributed by atoms with Crippen LogP contribution in [0.4, 0.5) is 8.78 Å². The van der Waals surface area contributed by atoms with E-state index in [0.29, 0.717) is 25.1 Å². The molecule has 6 nitrogen and oxygen atoms in total. The normalized spacial score (nSPS) is 13.4. The van der Waals surface area contributed by atoms with Gasteiger partial charge in [0.2, 0.25) is 0 Å². The van der Waals surface area contributed by atoms with Gasteiger partial charge in [0.05, 0.1) is 6.54 Å². The highest BCUT2D eigenvalue weighted by Gasteiger charge is 2.47. The summed E-state index contributed by atoms with van der Waals surface area (Å²) in [6.45, 7) is 6.09. The number of rotatable bonds is 8. The number of nitrogens with one attached hydrogen (secondary N) is 1. The maximum Gasteiger partial charge on any atom is 0.273 e. The van der Waals surface area contributed by atoms with Crippen molar-refractivity contribution in [1.29, 1.82) is 0 Å². The van der Waals surface area contributed by atoms with Crippen LogP contribution in [0.2, 0.25) is 5.02 Å². The Balaban J connectivity index is 0.00000176. The first-order valence-corrected chi connectivity index (χ1v) is 12.1. The molecule has 36 heavy (non-hydrogen) atoms. The number of hydrogen-bond acceptors (Lipinski definition) is 4. The molecule has 0 spiro atoms. The van der Waals surface area contributed by atoms with Gasteiger partial charge in [-0.3, -0.25) is 9.59 Å². The number of halogens is 3. The van der Waals surface area contributed by atoms with Crippen LogP contribution in [-0.2, 0) is 24.5 Å². The quantitative estimate of drug-likeness (QED) is 0.445. The summed E-state index contributed by atoms with van der Waals surface area (Å²) in [6, 6.07) is 12.1. The van der Waals surface area contributed by atoms with Crippen LogP contribution in [-0.4, -0.2) is 21.2 Å². The number of pyridine rings is 1. The average Bonchev–Trinajstić information content (AvgIpc) is 3.63. The SMILES string of the molecule is CC.Cc1cc(OCc2ccc(F)cc2F)c(Cl)c(=O)n1Cc1ccc(CNC(=O)C2(O)CC2)cc1. The Bertz CT molecular complexity index is 1290. The predicted octanol–water partition coefficient (Wildman–Crippen LogP) is 4.88. The van der Waals surface area contributed by atoms with Crippen LogP contribution >= 0.6 is 11.6 Å². The molecule has 1 heterocycles. The second-order valence-corrected chi connectivity index (χ2v) is 8.79. The first kappa shape index (κ1) is 27.4. The molecular formula is C27H29ClF2N2O4. The first-order chi connectivity index (χ1) is 17.2. The van der Waals surface area contributed by atoms with Crippen molar-refractivity contribution in [2.24, 2.45) is 0 Å². The summed E-state index contributed by atoms with van der Waals surface area (Å²) in [5.41, 5.74) is 0.783. The number of benzene rings is 2. The number of hydrogen-bond donors (Lipinski definition) is 2. The van der Waals surface area contributed by atoms with Gasteiger partial charge in [0, 0.05) is 29.9 Å². The molecule has 0 radical (unpaired) electrons. The second-order valence-electron chi connectivity index (χ2n) is 8.41. The highest BCUT2D eigenvalue weighted by molar-refractivity contribution is 6.31. The van der Waals surface area contributed by atoms with E-state index in [1.807, 2.05) is 38.1 Å². The van der Waals surface area contributed by atoms with Crippen LogP contribution in [0.5, 0.6) is 5.75 Å². The third kappa shape index (κ3) is 6.50. The lowest BCUT2D eigenvalue weighted by Crippen LogP contribution is -2.35. The standard InChI is InChI=1S/C25H23ClF2N2O4.C2H6/c1-15-10-21(34-14-18-6-7-19(27)11-20(18)28)22(26)23(31)30(15)13-17-4-2-16(3-5-17)12-29-24(32)25(33)8-9-25;1-2/h2-7,10-11,33H,8-9,12-14H2,1H3,(H,29,32);1-2H3. The van der Waals surface area contributed by atoms with Gasteiger partial charge in [-0.15, -0.1) is 0 Å². The first-order valence-electron chi connectivity index (χ1n) is 11.7. The van der Waals surface area contributed by atoms with Gasteiger partial charge in [0.1, 0.15) is 34.6 Å². The zero-order chi connectivity index (χ0) is 26.5. The summed E-state index contributed by atoms with van der Waals surface area (Å²) in [5, 5.41) is 12.4. The van der Waals surface area contributed by atoms with Crippen molar-refractivity contribution in [3.05, 3.63) is 97.9 Å². The molecule has 4 rings (SSSR count). The maximum atomic E-state index is 13.8. The molecule has 0 aliphatic heterocycles. The number of aryl methyl sites for hydroxylation is 1. The molecule has 1 aromatic heterocycles. The molecule has 2 N–H and O–H groups in total. The van der Waals surface area contributed by atoms with Crippen LogP contribution < -0.4 is 15.6 Å². The Morgan fingerprint density at radius 1 is 1.11 bits per heavy atom. The Kier molecular flexibility index (Phi) is 8.87. The minimum atomic E-state index is -1.21. The number of ether oxygens (including phenoxy) is 1. The van der Waals surface area contributed by atoms with Gasteiger partial charge in [-0.2, -0.15) is 0 Å². The topological polar surface area (TPSA) is 80.6 Å². The summed E-state index contributed by atoms with van der Waals surface area (Å²) in [4.78, 5) is 24.7. The molecule has 192 valence electrons. The second kappa shape index (κ2) is 11.7. The van der Waals surface area contributed by atoms with Gasteiger partial charge >= 0.3 is 0 Å².